The summed E-state index contributed by atoms with van der Waals surface area (Å²) >= 11 is 0. The summed E-state index contributed by atoms with van der Waals surface area (Å²) < 4.78 is 4.67. The van der Waals surface area contributed by atoms with Crippen LogP contribution in [-0.4, -0.2) is 18.1 Å². The van der Waals surface area contributed by atoms with Crippen LogP contribution in [0.4, 0.5) is 0 Å². The molecule has 3 nitrogen and oxygen atoms in total. The first-order valence-corrected chi connectivity index (χ1v) is 5.81. The predicted molar refractivity (Wildman–Crippen MR) is 69.5 cm³/mol. The predicted octanol–water partition coefficient (Wildman–Crippen LogP) is 3.02. The van der Waals surface area contributed by atoms with E-state index in [1.165, 1.54) is 7.11 Å². The van der Waals surface area contributed by atoms with Crippen LogP contribution in [0.2, 0.25) is 0 Å². The van der Waals surface area contributed by atoms with Crippen molar-refractivity contribution in [3.63, 3.8) is 0 Å². The first-order chi connectivity index (χ1) is 8.72. The van der Waals surface area contributed by atoms with E-state index in [1.807, 2.05) is 30.3 Å². The van der Waals surface area contributed by atoms with Crippen LogP contribution in [0, 0.1) is 0 Å². The quantitative estimate of drug-likeness (QED) is 0.775. The van der Waals surface area contributed by atoms with E-state index in [2.05, 4.69) is 16.6 Å². The molecule has 0 fully saturated rings. The lowest BCUT2D eigenvalue weighted by Crippen LogP contribution is -2.03. The molecule has 0 N–H and O–H groups in total. The monoisotopic (exact) mass is 241 g/mol. The molecule has 0 aliphatic heterocycles. The van der Waals surface area contributed by atoms with Gasteiger partial charge in [0.2, 0.25) is 0 Å². The number of aromatic nitrogens is 1. The normalized spacial score (nSPS) is 11.9. The number of nitrogens with zero attached hydrogens (tertiary/aromatic N) is 1. The van der Waals surface area contributed by atoms with Crippen molar-refractivity contribution in [3.05, 3.63) is 65.5 Å². The molecule has 0 aliphatic rings. The largest absolute Gasteiger partial charge is 0.465 e. The molecule has 1 atom stereocenters. The van der Waals surface area contributed by atoms with E-state index in [-0.39, 0.29) is 11.9 Å². The van der Waals surface area contributed by atoms with Gasteiger partial charge in [0.05, 0.1) is 12.7 Å². The lowest BCUT2D eigenvalue weighted by atomic mass is 9.96. The molecule has 1 unspecified atom stereocenters. The average Bonchev–Trinajstić information content (AvgIpc) is 2.47. The van der Waals surface area contributed by atoms with E-state index in [4.69, 9.17) is 0 Å². The summed E-state index contributed by atoms with van der Waals surface area (Å²) in [5.41, 5.74) is 2.71. The topological polar surface area (TPSA) is 39.2 Å². The van der Waals surface area contributed by atoms with Crippen molar-refractivity contribution in [1.82, 2.24) is 4.98 Å². The van der Waals surface area contributed by atoms with Gasteiger partial charge in [-0.1, -0.05) is 25.1 Å². The molecule has 0 amide bonds. The molecule has 3 heteroatoms. The summed E-state index contributed by atoms with van der Waals surface area (Å²) in [6.07, 6.45) is 1.79. The highest BCUT2D eigenvalue weighted by Crippen LogP contribution is 2.22. The fourth-order valence-corrected chi connectivity index (χ4v) is 1.83. The van der Waals surface area contributed by atoms with Gasteiger partial charge in [0.15, 0.2) is 0 Å². The van der Waals surface area contributed by atoms with Crippen molar-refractivity contribution in [1.29, 1.82) is 0 Å². The van der Waals surface area contributed by atoms with Crippen molar-refractivity contribution in [3.8, 4) is 0 Å². The van der Waals surface area contributed by atoms with Crippen LogP contribution in [0.3, 0.4) is 0 Å². The lowest BCUT2D eigenvalue weighted by molar-refractivity contribution is 0.0600. The van der Waals surface area contributed by atoms with E-state index in [0.717, 1.165) is 11.3 Å². The molecule has 0 saturated carbocycles. The molecule has 0 aliphatic carbocycles. The first kappa shape index (κ1) is 12.3. The number of esters is 1. The summed E-state index contributed by atoms with van der Waals surface area (Å²) in [4.78, 5) is 15.7. The first-order valence-electron chi connectivity index (χ1n) is 5.81. The summed E-state index contributed by atoms with van der Waals surface area (Å²) in [6.45, 7) is 2.09. The highest BCUT2D eigenvalue weighted by Gasteiger charge is 2.10. The van der Waals surface area contributed by atoms with Gasteiger partial charge in [-0.3, -0.25) is 4.98 Å². The molecule has 2 aromatic rings. The van der Waals surface area contributed by atoms with E-state index >= 15 is 0 Å². The summed E-state index contributed by atoms with van der Waals surface area (Å²) in [7, 11) is 1.38. The van der Waals surface area contributed by atoms with Gasteiger partial charge in [-0.15, -0.1) is 0 Å². The molecule has 18 heavy (non-hydrogen) atoms. The van der Waals surface area contributed by atoms with Crippen LogP contribution in [0.5, 0.6) is 0 Å². The maximum Gasteiger partial charge on any atom is 0.337 e. The fraction of sp³-hybridized carbons (Fsp3) is 0.200. The lowest BCUT2D eigenvalue weighted by Gasteiger charge is -2.11. The Morgan fingerprint density at radius 1 is 1.17 bits per heavy atom. The minimum atomic E-state index is -0.313. The molecule has 1 heterocycles. The number of carbonyl (C=O) groups is 1. The van der Waals surface area contributed by atoms with E-state index in [0.29, 0.717) is 5.56 Å². The highest BCUT2D eigenvalue weighted by molar-refractivity contribution is 5.89. The highest BCUT2D eigenvalue weighted by atomic mass is 16.5. The van der Waals surface area contributed by atoms with Crippen LogP contribution in [0.15, 0.2) is 48.7 Å². The van der Waals surface area contributed by atoms with Crippen LogP contribution < -0.4 is 0 Å². The maximum atomic E-state index is 11.3. The molecule has 2 rings (SSSR count). The van der Waals surface area contributed by atoms with Gasteiger partial charge in [-0.05, 0) is 29.8 Å². The second kappa shape index (κ2) is 5.45. The third-order valence-corrected chi connectivity index (χ3v) is 2.96. The van der Waals surface area contributed by atoms with Crippen LogP contribution >= 0.6 is 0 Å². The Labute approximate surface area is 106 Å². The molecule has 0 spiro atoms. The Morgan fingerprint density at radius 2 is 1.89 bits per heavy atom. The molecule has 1 aromatic heterocycles. The second-order valence-corrected chi connectivity index (χ2v) is 4.09. The Bertz CT molecular complexity index is 520. The zero-order chi connectivity index (χ0) is 13.0. The van der Waals surface area contributed by atoms with Gasteiger partial charge in [-0.25, -0.2) is 4.79 Å². The van der Waals surface area contributed by atoms with Gasteiger partial charge < -0.3 is 4.74 Å². The van der Waals surface area contributed by atoms with Crippen LogP contribution in [0.25, 0.3) is 0 Å². The van der Waals surface area contributed by atoms with Gasteiger partial charge in [0.1, 0.15) is 0 Å². The van der Waals surface area contributed by atoms with Gasteiger partial charge in [0, 0.05) is 17.8 Å². The third-order valence-electron chi connectivity index (χ3n) is 2.96. The zero-order valence-corrected chi connectivity index (χ0v) is 10.5. The minimum Gasteiger partial charge on any atom is -0.465 e. The number of methoxy groups -OCH3 is 1. The third kappa shape index (κ3) is 2.56. The maximum absolute atomic E-state index is 11.3. The Morgan fingerprint density at radius 3 is 2.44 bits per heavy atom. The second-order valence-electron chi connectivity index (χ2n) is 4.09. The fourth-order valence-electron chi connectivity index (χ4n) is 1.83. The molecule has 0 radical (unpaired) electrons. The number of carbonyl (C=O) groups excluding carboxylic acids is 1. The van der Waals surface area contributed by atoms with Crippen LogP contribution in [-0.2, 0) is 4.74 Å². The number of rotatable bonds is 3. The SMILES string of the molecule is COC(=O)c1ccc(C(C)c2ccccn2)cc1. The number of ether oxygens (including phenoxy) is 1. The number of hydrogen-bond donors (Lipinski definition) is 0. The van der Waals surface area contributed by atoms with Crippen molar-refractivity contribution in [2.24, 2.45) is 0 Å². The Kier molecular flexibility index (Phi) is 3.72. The van der Waals surface area contributed by atoms with Gasteiger partial charge in [-0.2, -0.15) is 0 Å². The summed E-state index contributed by atoms with van der Waals surface area (Å²) in [5, 5.41) is 0. The zero-order valence-electron chi connectivity index (χ0n) is 10.5. The molecular weight excluding hydrogens is 226 g/mol. The van der Waals surface area contributed by atoms with Crippen molar-refractivity contribution in [2.75, 3.05) is 7.11 Å². The van der Waals surface area contributed by atoms with E-state index < -0.39 is 0 Å². The Balaban J connectivity index is 2.22. The molecule has 0 bridgehead atoms. The minimum absolute atomic E-state index is 0.206. The van der Waals surface area contributed by atoms with Gasteiger partial charge in [0.25, 0.3) is 0 Å². The number of benzene rings is 1. The number of hydrogen-bond acceptors (Lipinski definition) is 3. The van der Waals surface area contributed by atoms with Gasteiger partial charge >= 0.3 is 5.97 Å². The van der Waals surface area contributed by atoms with Crippen molar-refractivity contribution < 1.29 is 9.53 Å². The standard InChI is InChI=1S/C15H15NO2/c1-11(14-5-3-4-10-16-14)12-6-8-13(9-7-12)15(17)18-2/h3-11H,1-2H3. The molecule has 1 aromatic carbocycles. The van der Waals surface area contributed by atoms with Crippen molar-refractivity contribution >= 4 is 5.97 Å². The summed E-state index contributed by atoms with van der Waals surface area (Å²) in [6, 6.07) is 13.3. The summed E-state index contributed by atoms with van der Waals surface area (Å²) in [5.74, 6) is -0.107. The Hall–Kier alpha value is -2.16. The molecule has 0 saturated heterocycles. The molecule has 92 valence electrons. The van der Waals surface area contributed by atoms with E-state index in [1.54, 1.807) is 18.3 Å². The van der Waals surface area contributed by atoms with E-state index in [9.17, 15) is 4.79 Å². The molecular formula is C15H15NO2. The van der Waals surface area contributed by atoms with Crippen LogP contribution in [0.1, 0.15) is 34.5 Å². The smallest absolute Gasteiger partial charge is 0.337 e. The number of pyridine rings is 1. The average molecular weight is 241 g/mol. The van der Waals surface area contributed by atoms with Crippen molar-refractivity contribution in [2.45, 2.75) is 12.8 Å².